The molecule has 32 heteroatoms. The van der Waals surface area contributed by atoms with E-state index in [2.05, 4.69) is 25.3 Å². The molecular weight excluding hydrogens is 1370 g/mol. The van der Waals surface area contributed by atoms with Gasteiger partial charge in [0.05, 0.1) is 122 Å². The SMILES string of the molecule is CCc1cc(C#N)c(C(F)(F)F)cc1N.CCc1cc(C#N)c(C(F)(F)F)cc1N(C)c1cc2c(cn1)ncn2C.CCc1cc(C#N)c(C(F)(F)F)cc1Nc1cc2c(cn1)ncn2C.N#Cc1cc(I)c(N)cc1C(F)(F)F.N#Cc1ccc(N)cc1C(F)(F)F. The van der Waals surface area contributed by atoms with E-state index in [0.29, 0.717) is 67.9 Å². The van der Waals surface area contributed by atoms with Crippen LogP contribution in [0.1, 0.15) is 93.1 Å². The average Bonchev–Trinajstić information content (AvgIpc) is 1.85. The number of nitrogens with zero attached hydrogens (tertiary/aromatic N) is 12. The van der Waals surface area contributed by atoms with Gasteiger partial charge in [0.25, 0.3) is 0 Å². The summed E-state index contributed by atoms with van der Waals surface area (Å²) in [6, 6.07) is 22.8. The van der Waals surface area contributed by atoms with Gasteiger partial charge in [0.2, 0.25) is 0 Å². The van der Waals surface area contributed by atoms with Gasteiger partial charge >= 0.3 is 30.9 Å². The van der Waals surface area contributed by atoms with Gasteiger partial charge in [-0.1, -0.05) is 20.8 Å². The highest BCUT2D eigenvalue weighted by molar-refractivity contribution is 14.1. The van der Waals surface area contributed by atoms with Gasteiger partial charge in [0, 0.05) is 65.3 Å². The van der Waals surface area contributed by atoms with Crippen LogP contribution in [0.5, 0.6) is 0 Å². The number of anilines is 7. The molecule has 0 unspecified atom stereocenters. The van der Waals surface area contributed by atoms with Crippen molar-refractivity contribution in [3.05, 3.63) is 180 Å². The zero-order chi connectivity index (χ0) is 69.9. The number of nitriles is 5. The van der Waals surface area contributed by atoms with Crippen LogP contribution in [0.4, 0.5) is 106 Å². The maximum Gasteiger partial charge on any atom is 0.417 e. The van der Waals surface area contributed by atoms with Gasteiger partial charge in [-0.15, -0.1) is 0 Å². The molecule has 0 aliphatic carbocycles. The van der Waals surface area contributed by atoms with E-state index in [-0.39, 0.29) is 39.4 Å². The van der Waals surface area contributed by atoms with Crippen molar-refractivity contribution in [2.24, 2.45) is 14.1 Å². The fourth-order valence-corrected chi connectivity index (χ4v) is 9.07. The first-order valence-electron chi connectivity index (χ1n) is 26.5. The van der Waals surface area contributed by atoms with E-state index in [1.165, 1.54) is 42.5 Å². The second-order valence-electron chi connectivity index (χ2n) is 19.5. The van der Waals surface area contributed by atoms with Gasteiger partial charge in [0.1, 0.15) is 22.7 Å². The Labute approximate surface area is 533 Å². The van der Waals surface area contributed by atoms with Crippen molar-refractivity contribution in [3.8, 4) is 30.3 Å². The molecule has 5 aromatic carbocycles. The van der Waals surface area contributed by atoms with Crippen LogP contribution in [0.2, 0.25) is 0 Å². The number of aromatic nitrogens is 6. The zero-order valence-corrected chi connectivity index (χ0v) is 51.2. The number of nitrogens with one attached hydrogen (secondary N) is 1. The highest BCUT2D eigenvalue weighted by atomic mass is 127. The van der Waals surface area contributed by atoms with E-state index >= 15 is 0 Å². The molecule has 0 aliphatic heterocycles. The van der Waals surface area contributed by atoms with Crippen LogP contribution in [0.3, 0.4) is 0 Å². The third-order valence-electron chi connectivity index (χ3n) is 13.4. The van der Waals surface area contributed by atoms with Crippen molar-refractivity contribution in [2.75, 3.05) is 34.5 Å². The minimum absolute atomic E-state index is 0.00803. The Kier molecular flexibility index (Phi) is 23.3. The summed E-state index contributed by atoms with van der Waals surface area (Å²) in [5, 5.41) is 46.5. The average molecular weight is 1420 g/mol. The molecule has 0 saturated carbocycles. The molecule has 484 valence electrons. The predicted molar refractivity (Wildman–Crippen MR) is 323 cm³/mol. The lowest BCUT2D eigenvalue weighted by Gasteiger charge is -2.23. The van der Waals surface area contributed by atoms with Crippen molar-refractivity contribution in [1.29, 1.82) is 26.3 Å². The van der Waals surface area contributed by atoms with Crippen LogP contribution in [-0.2, 0) is 64.2 Å². The van der Waals surface area contributed by atoms with E-state index in [1.54, 1.807) is 95.3 Å². The smallest absolute Gasteiger partial charge is 0.399 e. The lowest BCUT2D eigenvalue weighted by atomic mass is 10.00. The van der Waals surface area contributed by atoms with E-state index in [1.807, 2.05) is 32.5 Å². The Bertz CT molecular complexity index is 4430. The number of nitrogen functional groups attached to an aromatic ring is 3. The third-order valence-corrected chi connectivity index (χ3v) is 14.3. The first kappa shape index (κ1) is 73.2. The van der Waals surface area contributed by atoms with Crippen LogP contribution < -0.4 is 27.4 Å². The Morgan fingerprint density at radius 3 is 1.33 bits per heavy atom. The summed E-state index contributed by atoms with van der Waals surface area (Å²) in [4.78, 5) is 18.4. The minimum Gasteiger partial charge on any atom is -0.399 e. The van der Waals surface area contributed by atoms with E-state index in [9.17, 15) is 65.9 Å². The highest BCUT2D eigenvalue weighted by Crippen LogP contribution is 2.41. The lowest BCUT2D eigenvalue weighted by molar-refractivity contribution is -0.138. The quantitative estimate of drug-likeness (QED) is 0.0656. The van der Waals surface area contributed by atoms with Gasteiger partial charge < -0.3 is 36.6 Å². The summed E-state index contributed by atoms with van der Waals surface area (Å²) < 4.78 is 195. The monoisotopic (exact) mass is 1420 g/mol. The van der Waals surface area contributed by atoms with Crippen LogP contribution >= 0.6 is 22.6 Å². The van der Waals surface area contributed by atoms with Gasteiger partial charge in [-0.05, 0) is 125 Å². The molecule has 4 aromatic heterocycles. The molecule has 0 amide bonds. The number of benzene rings is 5. The van der Waals surface area contributed by atoms with E-state index in [4.69, 9.17) is 43.5 Å². The Hall–Kier alpha value is -10.5. The Morgan fingerprint density at radius 2 is 0.871 bits per heavy atom. The largest absolute Gasteiger partial charge is 0.417 e. The van der Waals surface area contributed by atoms with Crippen LogP contribution in [0.25, 0.3) is 22.1 Å². The summed E-state index contributed by atoms with van der Waals surface area (Å²) in [7, 11) is 5.31. The number of rotatable bonds is 7. The van der Waals surface area contributed by atoms with Crippen molar-refractivity contribution < 1.29 is 65.9 Å². The second kappa shape index (κ2) is 29.6. The second-order valence-corrected chi connectivity index (χ2v) is 20.7. The first-order chi connectivity index (χ1) is 43.3. The fraction of sp³-hybridized carbons (Fsp3) is 0.230. The number of imidazole rings is 2. The molecule has 0 saturated heterocycles. The fourth-order valence-electron chi connectivity index (χ4n) is 8.60. The topological polar surface area (TPSA) is 274 Å². The highest BCUT2D eigenvalue weighted by Gasteiger charge is 2.38. The number of halogens is 16. The molecular formula is C61H48F15IN16. The number of hydrogen-bond acceptors (Lipinski definition) is 14. The van der Waals surface area contributed by atoms with E-state index in [0.717, 1.165) is 53.5 Å². The Morgan fingerprint density at radius 1 is 0.473 bits per heavy atom. The lowest BCUT2D eigenvalue weighted by Crippen LogP contribution is -2.16. The van der Waals surface area contributed by atoms with Gasteiger partial charge in [0.15, 0.2) is 0 Å². The summed E-state index contributed by atoms with van der Waals surface area (Å²) >= 11 is 1.77. The molecule has 0 radical (unpaired) electrons. The Balaban J connectivity index is 0.000000218. The summed E-state index contributed by atoms with van der Waals surface area (Å²) in [5.74, 6) is 0.900. The third kappa shape index (κ3) is 18.1. The van der Waals surface area contributed by atoms with Crippen LogP contribution in [0.15, 0.2) is 104 Å². The maximum absolute atomic E-state index is 13.3. The molecule has 0 atom stereocenters. The maximum atomic E-state index is 13.3. The molecule has 4 heterocycles. The first-order valence-corrected chi connectivity index (χ1v) is 27.5. The molecule has 0 aliphatic rings. The van der Waals surface area contributed by atoms with E-state index < -0.39 is 69.8 Å². The van der Waals surface area contributed by atoms with Gasteiger partial charge in [-0.2, -0.15) is 92.2 Å². The molecule has 0 bridgehead atoms. The predicted octanol–water partition coefficient (Wildman–Crippen LogP) is 16.0. The summed E-state index contributed by atoms with van der Waals surface area (Å²) in [6.45, 7) is 5.41. The van der Waals surface area contributed by atoms with Gasteiger partial charge in [-0.25, -0.2) is 19.9 Å². The standard InChI is InChI=1S/C18H16F3N5.C17H14F3N5.C10H9F3N2.C8H4F3IN2.C8H5F3N2/c1-4-11-5-12(8-22)13(18(19,20)21)6-15(11)26(3)17-7-16-14(9-23-17)24-10-25(16)2;1-3-10-4-11(7-21)12(17(18,19)20)5-13(10)24-16-6-15-14(8-22-16)23-9-25(15)2;1-2-6-3-7(5-14)8(4-9(6)15)10(11,12)13;9-8(10,11)5-2-7(14)6(12)1-4(5)3-13;9-8(10,11)7-3-6(13)2-1-5(7)4-12/h5-7,9-10H,4H2,1-3H3;4-6,8-9H,3H2,1-2H3,(H,22,24);3-4H,2,15H2,1H3;1-2H,14H2;1-3H,13H2. The van der Waals surface area contributed by atoms with Gasteiger partial charge in [-0.3, -0.25) is 0 Å². The number of nitrogens with two attached hydrogens (primary N) is 3. The normalized spacial score (nSPS) is 11.3. The number of fused-ring (bicyclic) bond motifs is 2. The minimum atomic E-state index is -4.60. The number of pyridine rings is 2. The van der Waals surface area contributed by atoms with Crippen molar-refractivity contribution >= 4 is 84.7 Å². The number of alkyl halides is 15. The molecule has 0 spiro atoms. The van der Waals surface area contributed by atoms with Crippen LogP contribution in [-0.4, -0.2) is 36.1 Å². The number of hydrogen-bond donors (Lipinski definition) is 4. The van der Waals surface area contributed by atoms with Crippen LogP contribution in [0, 0.1) is 60.2 Å². The number of aryl methyl sites for hydroxylation is 5. The molecule has 7 N–H and O–H groups in total. The molecule has 16 nitrogen and oxygen atoms in total. The molecule has 93 heavy (non-hydrogen) atoms. The van der Waals surface area contributed by atoms with Crippen molar-refractivity contribution in [2.45, 2.75) is 70.9 Å². The van der Waals surface area contributed by atoms with Crippen molar-refractivity contribution in [3.63, 3.8) is 0 Å². The zero-order valence-electron chi connectivity index (χ0n) is 49.1. The summed E-state index contributed by atoms with van der Waals surface area (Å²) in [5.41, 5.74) is 14.7. The van der Waals surface area contributed by atoms with Crippen molar-refractivity contribution in [1.82, 2.24) is 29.1 Å². The molecule has 9 aromatic rings. The molecule has 9 rings (SSSR count). The summed E-state index contributed by atoms with van der Waals surface area (Å²) in [6.07, 6.45) is -14.9. The molecule has 0 fully saturated rings.